The predicted octanol–water partition coefficient (Wildman–Crippen LogP) is 9.43. The number of carbonyl (C=O) groups is 8. The van der Waals surface area contributed by atoms with Crippen molar-refractivity contribution in [3.05, 3.63) is 140 Å². The third kappa shape index (κ3) is 21.9. The van der Waals surface area contributed by atoms with Gasteiger partial charge in [0.25, 0.3) is 0 Å². The zero-order valence-corrected chi connectivity index (χ0v) is 50.5. The van der Waals surface area contributed by atoms with Gasteiger partial charge in [-0.15, -0.1) is 0 Å². The molecular weight excluding hydrogens is 1160 g/mol. The number of Topliss-reactive ketones (excluding diaryl/α,β-unsaturated/α-hetero) is 2. The summed E-state index contributed by atoms with van der Waals surface area (Å²) < 4.78 is 50.7. The molecule has 4 aromatic rings. The molecule has 0 unspecified atom stereocenters. The first-order valence-corrected chi connectivity index (χ1v) is 28.7. The Hall–Kier alpha value is -9.72. The highest BCUT2D eigenvalue weighted by Crippen LogP contribution is 2.31. The molecule has 0 radical (unpaired) electrons. The second kappa shape index (κ2) is 32.3. The second-order valence-corrected chi connectivity index (χ2v) is 22.8. The number of hydrogen-bond acceptors (Lipinski definition) is 17. The van der Waals surface area contributed by atoms with Crippen molar-refractivity contribution in [2.24, 2.45) is 10.2 Å². The molecule has 0 bridgehead atoms. The quantitative estimate of drug-likeness (QED) is 0.0210. The third-order valence-corrected chi connectivity index (χ3v) is 13.7. The lowest BCUT2D eigenvalue weighted by molar-refractivity contribution is -0.137. The number of ketones is 2. The Morgan fingerprint density at radius 2 is 1.01 bits per heavy atom. The van der Waals surface area contributed by atoms with Crippen molar-refractivity contribution in [3.63, 3.8) is 0 Å². The number of halogens is 2. The normalized spacial score (nSPS) is 16.4. The number of nitrogens with one attached hydrogen (secondary N) is 3. The summed E-state index contributed by atoms with van der Waals surface area (Å²) in [5.41, 5.74) is 19.5. The van der Waals surface area contributed by atoms with Gasteiger partial charge in [0.2, 0.25) is 5.91 Å². The maximum Gasteiger partial charge on any atom is 0.414 e. The van der Waals surface area contributed by atoms with E-state index in [9.17, 15) is 42.7 Å². The van der Waals surface area contributed by atoms with Gasteiger partial charge in [-0.25, -0.2) is 28.0 Å². The number of amides is 5. The molecule has 27 nitrogen and oxygen atoms in total. The largest absolute Gasteiger partial charge is 0.481 e. The van der Waals surface area contributed by atoms with Crippen LogP contribution in [0.2, 0.25) is 0 Å². The molecule has 0 spiro atoms. The number of carboxylic acids is 1. The SMILES string of the molecule is CC(C)(C)OC(=O)NC[C@H]1CN(c2ccc(N3CCN(C(=O)CCC(=O)c4ccc(CN=[N+]=[N-])cc4)CC3)c(F)c2)C(=O)O1.CC(C)(C)OC(=O)NC[C@H]1CN(c2ccc(N3CCNCC3)c(F)c2)C(=O)O1.[N-]=[N+]=NCc1ccc(C(=O)CCC(=O)O)cc1. The van der Waals surface area contributed by atoms with Crippen LogP contribution in [0.1, 0.15) is 99.1 Å². The van der Waals surface area contributed by atoms with Gasteiger partial charge in [0, 0.05) is 92.6 Å². The van der Waals surface area contributed by atoms with Gasteiger partial charge in [0.1, 0.15) is 35.0 Å². The second-order valence-electron chi connectivity index (χ2n) is 22.8. The van der Waals surface area contributed by atoms with E-state index in [4.69, 9.17) is 35.1 Å². The highest BCUT2D eigenvalue weighted by atomic mass is 19.1. The molecule has 0 saturated carbocycles. The lowest BCUT2D eigenvalue weighted by atomic mass is 10.0. The molecule has 0 aromatic heterocycles. The smallest absolute Gasteiger partial charge is 0.414 e. The number of cyclic esters (lactones) is 2. The lowest BCUT2D eigenvalue weighted by Crippen LogP contribution is -2.49. The van der Waals surface area contributed by atoms with E-state index in [-0.39, 0.29) is 88.2 Å². The highest BCUT2D eigenvalue weighted by Gasteiger charge is 2.36. The fourth-order valence-electron chi connectivity index (χ4n) is 9.35. The fraction of sp³-hybridized carbons (Fsp3) is 0.467. The van der Waals surface area contributed by atoms with Crippen LogP contribution in [0.3, 0.4) is 0 Å². The molecule has 8 rings (SSSR count). The van der Waals surface area contributed by atoms with E-state index in [1.54, 1.807) is 119 Å². The molecule has 4 aliphatic heterocycles. The Morgan fingerprint density at radius 3 is 1.39 bits per heavy atom. The van der Waals surface area contributed by atoms with Crippen LogP contribution in [0.4, 0.5) is 50.7 Å². The molecule has 4 aromatic carbocycles. The Kier molecular flexibility index (Phi) is 24.8. The Balaban J connectivity index is 0.000000238. The molecule has 29 heteroatoms. The van der Waals surface area contributed by atoms with Crippen molar-refractivity contribution < 1.29 is 71.2 Å². The maximum absolute atomic E-state index is 15.2. The van der Waals surface area contributed by atoms with Gasteiger partial charge in [-0.3, -0.25) is 29.0 Å². The average molecular weight is 1240 g/mol. The van der Waals surface area contributed by atoms with Crippen molar-refractivity contribution in [1.29, 1.82) is 0 Å². The summed E-state index contributed by atoms with van der Waals surface area (Å²) in [5, 5.41) is 23.7. The molecule has 5 amide bonds. The summed E-state index contributed by atoms with van der Waals surface area (Å²) in [6.07, 6.45) is -3.58. The molecule has 4 N–H and O–H groups in total. The number of rotatable bonds is 20. The number of carbonyl (C=O) groups excluding carboxylic acids is 7. The number of alkyl carbamates (subject to hydrolysis) is 2. The number of anilines is 4. The summed E-state index contributed by atoms with van der Waals surface area (Å²) in [5.74, 6) is -2.37. The minimum absolute atomic E-state index is 0.00890. The van der Waals surface area contributed by atoms with Crippen molar-refractivity contribution in [3.8, 4) is 0 Å². The number of nitrogens with zero attached hydrogens (tertiary/aromatic N) is 11. The van der Waals surface area contributed by atoms with Crippen LogP contribution in [-0.2, 0) is 41.6 Å². The van der Waals surface area contributed by atoms with E-state index in [0.717, 1.165) is 37.3 Å². The van der Waals surface area contributed by atoms with E-state index in [0.29, 0.717) is 60.1 Å². The molecule has 4 aliphatic rings. The number of piperazine rings is 2. The number of ether oxygens (including phenoxy) is 4. The van der Waals surface area contributed by atoms with Gasteiger partial charge in [0.15, 0.2) is 11.6 Å². The maximum atomic E-state index is 15.2. The van der Waals surface area contributed by atoms with E-state index in [1.165, 1.54) is 21.9 Å². The predicted molar refractivity (Wildman–Crippen MR) is 324 cm³/mol. The summed E-state index contributed by atoms with van der Waals surface area (Å²) in [7, 11) is 0. The number of hydrogen-bond donors (Lipinski definition) is 4. The van der Waals surface area contributed by atoms with Gasteiger partial charge in [-0.2, -0.15) is 0 Å². The van der Waals surface area contributed by atoms with Gasteiger partial charge in [0.05, 0.1) is 68.4 Å². The molecule has 0 aliphatic carbocycles. The number of aliphatic carboxylic acids is 1. The van der Waals surface area contributed by atoms with Gasteiger partial charge in [-0.1, -0.05) is 58.8 Å². The van der Waals surface area contributed by atoms with Crippen molar-refractivity contribution >= 4 is 70.6 Å². The minimum Gasteiger partial charge on any atom is -0.481 e. The molecule has 4 heterocycles. The van der Waals surface area contributed by atoms with E-state index >= 15 is 4.39 Å². The van der Waals surface area contributed by atoms with E-state index in [2.05, 4.69) is 36.0 Å². The number of benzene rings is 4. The Bertz CT molecular complexity index is 3260. The molecule has 2 atom stereocenters. The topological polar surface area (TPSA) is 344 Å². The van der Waals surface area contributed by atoms with E-state index < -0.39 is 59.6 Å². The molecule has 4 fully saturated rings. The van der Waals surface area contributed by atoms with Gasteiger partial charge in [-0.05, 0) is 100 Å². The molecule has 476 valence electrons. The molecular formula is C60H74F2N14O13. The fourth-order valence-corrected chi connectivity index (χ4v) is 9.35. The van der Waals surface area contributed by atoms with Crippen LogP contribution >= 0.6 is 0 Å². The summed E-state index contributed by atoms with van der Waals surface area (Å²) in [6.45, 7) is 16.2. The first-order chi connectivity index (χ1) is 42.3. The Labute approximate surface area is 512 Å². The highest BCUT2D eigenvalue weighted by molar-refractivity contribution is 5.98. The summed E-state index contributed by atoms with van der Waals surface area (Å²) in [4.78, 5) is 109. The van der Waals surface area contributed by atoms with Crippen LogP contribution in [0.5, 0.6) is 0 Å². The van der Waals surface area contributed by atoms with Crippen molar-refractivity contribution in [2.75, 3.05) is 98.1 Å². The van der Waals surface area contributed by atoms with Gasteiger partial charge < -0.3 is 54.7 Å². The van der Waals surface area contributed by atoms with Crippen LogP contribution in [0, 0.1) is 11.6 Å². The summed E-state index contributed by atoms with van der Waals surface area (Å²) >= 11 is 0. The van der Waals surface area contributed by atoms with Crippen LogP contribution in [0.25, 0.3) is 20.9 Å². The monoisotopic (exact) mass is 1240 g/mol. The van der Waals surface area contributed by atoms with Crippen LogP contribution in [0.15, 0.2) is 95.2 Å². The summed E-state index contributed by atoms with van der Waals surface area (Å²) in [6, 6.07) is 22.6. The van der Waals surface area contributed by atoms with Crippen molar-refractivity contribution in [2.45, 2.75) is 104 Å². The zero-order chi connectivity index (χ0) is 64.8. The zero-order valence-electron chi connectivity index (χ0n) is 50.5. The van der Waals surface area contributed by atoms with Crippen LogP contribution < -0.4 is 35.6 Å². The lowest BCUT2D eigenvalue weighted by Gasteiger charge is -2.36. The standard InChI is InChI=1S/C30H36FN7O6.C19H27FN4O4.C11H11N3O3/c1-30(2,3)44-28(41)33-18-23-19-38(29(42)43-23)22-8-9-25(24(31)16-22)36-12-14-37(15-13-36)27(40)11-10-26(39)21-6-4-20(5-7-21)17-34-35-32;1-19(2,3)28-17(25)22-11-14-12-24(18(26)27-14)13-4-5-16(15(20)10-13)23-8-6-21-7-9-23;12-14-13-7-8-1-3-9(4-2-8)10(15)5-6-11(16)17/h4-9,16,23H,10-15,17-19H2,1-3H3,(H,33,41);4-5,10,14,21H,6-9,11-12H2,1-3H3,(H,22,25);1-4H,5-7H2,(H,16,17)/t23-;14-;/m00./s1. The molecule has 4 saturated heterocycles. The average Bonchev–Trinajstić information content (AvgIpc) is 2.44. The minimum atomic E-state index is -0.988. The first-order valence-electron chi connectivity index (χ1n) is 28.7. The van der Waals surface area contributed by atoms with Gasteiger partial charge >= 0.3 is 30.3 Å². The number of azide groups is 2. The first kappa shape index (κ1) is 68.4. The van der Waals surface area contributed by atoms with E-state index in [1.807, 2.05) is 9.80 Å². The van der Waals surface area contributed by atoms with Crippen molar-refractivity contribution in [1.82, 2.24) is 20.9 Å². The Morgan fingerprint density at radius 1 is 0.607 bits per heavy atom. The molecule has 89 heavy (non-hydrogen) atoms. The van der Waals surface area contributed by atoms with Crippen LogP contribution in [-0.4, -0.2) is 160 Å². The number of carboxylic acid groups (broad SMARTS) is 1. The third-order valence-electron chi connectivity index (χ3n) is 13.7.